The van der Waals surface area contributed by atoms with Crippen molar-refractivity contribution >= 4 is 5.97 Å². The van der Waals surface area contributed by atoms with Crippen molar-refractivity contribution in [3.8, 4) is 0 Å². The minimum absolute atomic E-state index is 0.0815. The Hall–Kier alpha value is -2.32. The topological polar surface area (TPSA) is 70.2 Å². The van der Waals surface area contributed by atoms with Gasteiger partial charge in [0.1, 0.15) is 6.54 Å². The van der Waals surface area contributed by atoms with Gasteiger partial charge in [-0.3, -0.25) is 0 Å². The molecule has 120 valence electrons. The smallest absolute Gasteiger partial charge is 0.406 e. The summed E-state index contributed by atoms with van der Waals surface area (Å²) >= 11 is 0. The second-order valence-electron chi connectivity index (χ2n) is 4.80. The van der Waals surface area contributed by atoms with E-state index in [0.29, 0.717) is 11.5 Å². The molecule has 0 aliphatic heterocycles. The maximum atomic E-state index is 12.5. The van der Waals surface area contributed by atoms with Gasteiger partial charge in [0.05, 0.1) is 5.56 Å². The Balaban J connectivity index is 2.11. The molecular formula is C13H14F3N3O3. The molecule has 0 spiro atoms. The van der Waals surface area contributed by atoms with Crippen molar-refractivity contribution in [1.82, 2.24) is 14.7 Å². The third-order valence-corrected chi connectivity index (χ3v) is 3.03. The van der Waals surface area contributed by atoms with Gasteiger partial charge in [-0.05, 0) is 26.8 Å². The van der Waals surface area contributed by atoms with Crippen LogP contribution in [-0.2, 0) is 17.9 Å². The summed E-state index contributed by atoms with van der Waals surface area (Å²) in [5.41, 5.74) is 0.606. The standard InChI is InChI=1S/C13H14F3N3O3/c1-7-4-10(8(2)19(7)6-13(14,15)16)12(20)21-5-11-17-9(3)18-22-11/h4H,5-6H2,1-3H3. The first-order chi connectivity index (χ1) is 10.2. The van der Waals surface area contributed by atoms with Crippen LogP contribution >= 0.6 is 0 Å². The van der Waals surface area contributed by atoms with Crippen LogP contribution in [0, 0.1) is 20.8 Å². The SMILES string of the molecule is Cc1noc(COC(=O)c2cc(C)n(CC(F)(F)F)c2C)n1. The highest BCUT2D eigenvalue weighted by Crippen LogP contribution is 2.23. The zero-order valence-electron chi connectivity index (χ0n) is 12.2. The highest BCUT2D eigenvalue weighted by molar-refractivity contribution is 5.91. The van der Waals surface area contributed by atoms with E-state index in [9.17, 15) is 18.0 Å². The van der Waals surface area contributed by atoms with Crippen LogP contribution in [0.4, 0.5) is 13.2 Å². The zero-order chi connectivity index (χ0) is 16.5. The molecule has 0 aliphatic rings. The van der Waals surface area contributed by atoms with Crippen molar-refractivity contribution in [2.75, 3.05) is 0 Å². The number of alkyl halides is 3. The number of esters is 1. The molecule has 0 amide bonds. The summed E-state index contributed by atoms with van der Waals surface area (Å²) in [7, 11) is 0. The monoisotopic (exact) mass is 317 g/mol. The van der Waals surface area contributed by atoms with E-state index in [1.54, 1.807) is 6.92 Å². The molecule has 0 bridgehead atoms. The molecule has 0 N–H and O–H groups in total. The van der Waals surface area contributed by atoms with Crippen LogP contribution in [0.1, 0.15) is 33.5 Å². The average Bonchev–Trinajstić information content (AvgIpc) is 2.93. The third kappa shape index (κ3) is 3.66. The first-order valence-electron chi connectivity index (χ1n) is 6.37. The van der Waals surface area contributed by atoms with Gasteiger partial charge in [0, 0.05) is 11.4 Å². The predicted molar refractivity (Wildman–Crippen MR) is 68.1 cm³/mol. The molecule has 0 aliphatic carbocycles. The summed E-state index contributed by atoms with van der Waals surface area (Å²) in [5, 5.41) is 3.54. The lowest BCUT2D eigenvalue weighted by Crippen LogP contribution is -2.19. The van der Waals surface area contributed by atoms with E-state index in [-0.39, 0.29) is 23.8 Å². The Morgan fingerprint density at radius 2 is 2.05 bits per heavy atom. The number of aromatic nitrogens is 3. The third-order valence-electron chi connectivity index (χ3n) is 3.03. The zero-order valence-corrected chi connectivity index (χ0v) is 12.2. The van der Waals surface area contributed by atoms with Crippen molar-refractivity contribution < 1.29 is 27.2 Å². The van der Waals surface area contributed by atoms with E-state index >= 15 is 0 Å². The maximum Gasteiger partial charge on any atom is 0.406 e. The summed E-state index contributed by atoms with van der Waals surface area (Å²) in [4.78, 5) is 15.8. The molecule has 0 fully saturated rings. The molecule has 22 heavy (non-hydrogen) atoms. The Labute approximate surface area is 123 Å². The highest BCUT2D eigenvalue weighted by Gasteiger charge is 2.30. The number of nitrogens with zero attached hydrogens (tertiary/aromatic N) is 3. The van der Waals surface area contributed by atoms with Crippen LogP contribution in [0.2, 0.25) is 0 Å². The maximum absolute atomic E-state index is 12.5. The van der Waals surface area contributed by atoms with E-state index < -0.39 is 18.7 Å². The molecule has 0 saturated carbocycles. The van der Waals surface area contributed by atoms with Crippen LogP contribution in [0.15, 0.2) is 10.6 Å². The molecule has 2 aromatic heterocycles. The van der Waals surface area contributed by atoms with E-state index in [1.165, 1.54) is 19.9 Å². The van der Waals surface area contributed by atoms with Gasteiger partial charge >= 0.3 is 12.1 Å². The molecule has 0 atom stereocenters. The summed E-state index contributed by atoms with van der Waals surface area (Å²) in [6.07, 6.45) is -4.36. The molecule has 0 aromatic carbocycles. The molecule has 2 heterocycles. The van der Waals surface area contributed by atoms with Crippen molar-refractivity contribution in [2.45, 2.75) is 40.1 Å². The minimum Gasteiger partial charge on any atom is -0.452 e. The Morgan fingerprint density at radius 1 is 1.36 bits per heavy atom. The van der Waals surface area contributed by atoms with Crippen molar-refractivity contribution in [1.29, 1.82) is 0 Å². The first kappa shape index (κ1) is 16.1. The second kappa shape index (κ2) is 5.82. The summed E-state index contributed by atoms with van der Waals surface area (Å²) in [6.45, 7) is 3.16. The fourth-order valence-corrected chi connectivity index (χ4v) is 2.03. The number of ether oxygens (including phenoxy) is 1. The molecule has 0 unspecified atom stereocenters. The Bertz CT molecular complexity index is 688. The first-order valence-corrected chi connectivity index (χ1v) is 6.37. The molecule has 0 saturated heterocycles. The lowest BCUT2D eigenvalue weighted by atomic mass is 10.2. The molecule has 0 radical (unpaired) electrons. The fraction of sp³-hybridized carbons (Fsp3) is 0.462. The van der Waals surface area contributed by atoms with E-state index in [0.717, 1.165) is 4.57 Å². The number of halogens is 3. The van der Waals surface area contributed by atoms with E-state index in [4.69, 9.17) is 9.26 Å². The van der Waals surface area contributed by atoms with Crippen LogP contribution < -0.4 is 0 Å². The van der Waals surface area contributed by atoms with Gasteiger partial charge in [-0.25, -0.2) is 4.79 Å². The van der Waals surface area contributed by atoms with Gasteiger partial charge in [-0.2, -0.15) is 18.2 Å². The number of rotatable bonds is 4. The molecule has 2 aromatic rings. The largest absolute Gasteiger partial charge is 0.452 e. The normalized spacial score (nSPS) is 11.7. The Kier molecular flexibility index (Phi) is 4.25. The highest BCUT2D eigenvalue weighted by atomic mass is 19.4. The lowest BCUT2D eigenvalue weighted by molar-refractivity contribution is -0.141. The van der Waals surface area contributed by atoms with E-state index in [1.807, 2.05) is 0 Å². The summed E-state index contributed by atoms with van der Waals surface area (Å²) < 4.78 is 48.3. The second-order valence-corrected chi connectivity index (χ2v) is 4.80. The van der Waals surface area contributed by atoms with Gasteiger partial charge in [0.25, 0.3) is 5.89 Å². The number of hydrogen-bond donors (Lipinski definition) is 0. The fourth-order valence-electron chi connectivity index (χ4n) is 2.03. The molecular weight excluding hydrogens is 303 g/mol. The number of aryl methyl sites for hydroxylation is 2. The molecule has 6 nitrogen and oxygen atoms in total. The lowest BCUT2D eigenvalue weighted by Gasteiger charge is -2.12. The van der Waals surface area contributed by atoms with Crippen LogP contribution in [-0.4, -0.2) is 26.9 Å². The number of carbonyl (C=O) groups is 1. The van der Waals surface area contributed by atoms with Crippen molar-refractivity contribution in [3.63, 3.8) is 0 Å². The summed E-state index contributed by atoms with van der Waals surface area (Å²) in [6, 6.07) is 1.36. The van der Waals surface area contributed by atoms with Crippen molar-refractivity contribution in [2.24, 2.45) is 0 Å². The van der Waals surface area contributed by atoms with Crippen LogP contribution in [0.5, 0.6) is 0 Å². The molecule has 2 rings (SSSR count). The number of carbonyl (C=O) groups excluding carboxylic acids is 1. The average molecular weight is 317 g/mol. The van der Waals surface area contributed by atoms with Gasteiger partial charge in [0.2, 0.25) is 0 Å². The minimum atomic E-state index is -4.36. The molecule has 9 heteroatoms. The van der Waals surface area contributed by atoms with Crippen molar-refractivity contribution in [3.05, 3.63) is 34.7 Å². The van der Waals surface area contributed by atoms with Gasteiger partial charge in [0.15, 0.2) is 12.4 Å². The van der Waals surface area contributed by atoms with Gasteiger partial charge in [-0.1, -0.05) is 5.16 Å². The van der Waals surface area contributed by atoms with Crippen LogP contribution in [0.25, 0.3) is 0 Å². The van der Waals surface area contributed by atoms with Gasteiger partial charge < -0.3 is 13.8 Å². The van der Waals surface area contributed by atoms with Crippen LogP contribution in [0.3, 0.4) is 0 Å². The Morgan fingerprint density at radius 3 is 2.59 bits per heavy atom. The van der Waals surface area contributed by atoms with Gasteiger partial charge in [-0.15, -0.1) is 0 Å². The van der Waals surface area contributed by atoms with E-state index in [2.05, 4.69) is 10.1 Å². The quantitative estimate of drug-likeness (QED) is 0.811. The predicted octanol–water partition coefficient (Wildman–Crippen LogP) is 2.72. The summed E-state index contributed by atoms with van der Waals surface area (Å²) in [5.74, 6) is -0.221. The number of hydrogen-bond acceptors (Lipinski definition) is 5.